The molecule has 1 unspecified atom stereocenters. The monoisotopic (exact) mass is 219 g/mol. The molecule has 1 atom stereocenters. The van der Waals surface area contributed by atoms with Crippen molar-refractivity contribution in [3.05, 3.63) is 35.6 Å². The van der Waals surface area contributed by atoms with Crippen molar-refractivity contribution in [3.63, 3.8) is 0 Å². The molecule has 0 fully saturated rings. The van der Waals surface area contributed by atoms with E-state index in [2.05, 4.69) is 21.4 Å². The Morgan fingerprint density at radius 3 is 3.00 bits per heavy atom. The third kappa shape index (κ3) is 2.39. The van der Waals surface area contributed by atoms with Crippen LogP contribution in [0.5, 0.6) is 0 Å². The predicted molar refractivity (Wildman–Crippen MR) is 61.8 cm³/mol. The number of aryl methyl sites for hydroxylation is 1. The van der Waals surface area contributed by atoms with E-state index in [0.717, 1.165) is 36.7 Å². The molecule has 0 saturated carbocycles. The van der Waals surface area contributed by atoms with Crippen molar-refractivity contribution in [2.75, 3.05) is 13.7 Å². The van der Waals surface area contributed by atoms with Gasteiger partial charge in [-0.05, 0) is 39.0 Å². The third-order valence-electron chi connectivity index (χ3n) is 2.63. The Bertz CT molecular complexity index is 390. The Morgan fingerprint density at radius 1 is 1.50 bits per heavy atom. The average molecular weight is 219 g/mol. The first-order valence-corrected chi connectivity index (χ1v) is 5.61. The van der Waals surface area contributed by atoms with E-state index in [-0.39, 0.29) is 6.04 Å². The molecule has 86 valence electrons. The van der Waals surface area contributed by atoms with Gasteiger partial charge in [0.2, 0.25) is 0 Å². The maximum atomic E-state index is 5.66. The number of rotatable bonds is 3. The van der Waals surface area contributed by atoms with Crippen LogP contribution in [0.25, 0.3) is 0 Å². The Hall–Kier alpha value is -1.42. The Morgan fingerprint density at radius 2 is 2.38 bits per heavy atom. The number of aromatic nitrogens is 2. The van der Waals surface area contributed by atoms with Gasteiger partial charge in [0.05, 0.1) is 12.3 Å². The molecule has 1 aliphatic rings. The van der Waals surface area contributed by atoms with E-state index in [1.54, 1.807) is 6.20 Å². The molecule has 1 aromatic heterocycles. The molecule has 0 aliphatic carbocycles. The predicted octanol–water partition coefficient (Wildman–Crippen LogP) is 1.74. The van der Waals surface area contributed by atoms with Crippen LogP contribution in [0, 0.1) is 6.92 Å². The fourth-order valence-electron chi connectivity index (χ4n) is 1.85. The van der Waals surface area contributed by atoms with Gasteiger partial charge in [0.15, 0.2) is 0 Å². The van der Waals surface area contributed by atoms with Gasteiger partial charge >= 0.3 is 0 Å². The minimum absolute atomic E-state index is 0.0435. The summed E-state index contributed by atoms with van der Waals surface area (Å²) in [6.07, 6.45) is 6.10. The van der Waals surface area contributed by atoms with Crippen molar-refractivity contribution in [3.8, 4) is 0 Å². The Labute approximate surface area is 95.8 Å². The van der Waals surface area contributed by atoms with Gasteiger partial charge in [-0.3, -0.25) is 0 Å². The highest BCUT2D eigenvalue weighted by atomic mass is 16.5. The van der Waals surface area contributed by atoms with E-state index < -0.39 is 0 Å². The van der Waals surface area contributed by atoms with E-state index in [4.69, 9.17) is 4.74 Å². The molecule has 0 radical (unpaired) electrons. The van der Waals surface area contributed by atoms with Crippen LogP contribution in [-0.4, -0.2) is 23.6 Å². The number of hydrogen-bond donors (Lipinski definition) is 1. The molecule has 4 heteroatoms. The lowest BCUT2D eigenvalue weighted by molar-refractivity contribution is 0.168. The number of ether oxygens (including phenoxy) is 1. The molecule has 1 aliphatic heterocycles. The molecule has 2 rings (SSSR count). The SMILES string of the molecule is CNC(C1=CCCCO1)c1ccnc(C)n1. The standard InChI is InChI=1S/C12H17N3O/c1-9-14-7-6-10(15-9)12(13-2)11-5-3-4-8-16-11/h5-7,12-13H,3-4,8H2,1-2H3. The summed E-state index contributed by atoms with van der Waals surface area (Å²) in [7, 11) is 1.92. The minimum atomic E-state index is 0.0435. The molecule has 2 heterocycles. The first-order chi connectivity index (χ1) is 7.81. The lowest BCUT2D eigenvalue weighted by atomic mass is 10.1. The van der Waals surface area contributed by atoms with Gasteiger partial charge in [0.25, 0.3) is 0 Å². The quantitative estimate of drug-likeness (QED) is 0.841. The number of allylic oxidation sites excluding steroid dienone is 1. The first-order valence-electron chi connectivity index (χ1n) is 5.61. The largest absolute Gasteiger partial charge is 0.496 e. The molecule has 1 N–H and O–H groups in total. The second kappa shape index (κ2) is 5.07. The Kier molecular flexibility index (Phi) is 3.51. The maximum absolute atomic E-state index is 5.66. The lowest BCUT2D eigenvalue weighted by Crippen LogP contribution is -2.23. The van der Waals surface area contributed by atoms with Crippen LogP contribution in [0.4, 0.5) is 0 Å². The summed E-state index contributed by atoms with van der Waals surface area (Å²) in [6, 6.07) is 1.97. The van der Waals surface area contributed by atoms with Crippen LogP contribution in [0.1, 0.15) is 30.4 Å². The number of nitrogens with zero attached hydrogens (tertiary/aromatic N) is 2. The van der Waals surface area contributed by atoms with Gasteiger partial charge < -0.3 is 10.1 Å². The van der Waals surface area contributed by atoms with Crippen LogP contribution >= 0.6 is 0 Å². The smallest absolute Gasteiger partial charge is 0.125 e. The highest BCUT2D eigenvalue weighted by Gasteiger charge is 2.19. The first kappa shape index (κ1) is 11.1. The minimum Gasteiger partial charge on any atom is -0.496 e. The van der Waals surface area contributed by atoms with E-state index in [1.807, 2.05) is 20.0 Å². The van der Waals surface area contributed by atoms with Gasteiger partial charge in [-0.15, -0.1) is 0 Å². The van der Waals surface area contributed by atoms with Gasteiger partial charge in [-0.2, -0.15) is 0 Å². The number of nitrogens with one attached hydrogen (secondary N) is 1. The van der Waals surface area contributed by atoms with Crippen LogP contribution in [0.2, 0.25) is 0 Å². The number of likely N-dealkylation sites (N-methyl/N-ethyl adjacent to an activating group) is 1. The summed E-state index contributed by atoms with van der Waals surface area (Å²) in [6.45, 7) is 2.69. The zero-order chi connectivity index (χ0) is 11.4. The molecule has 0 saturated heterocycles. The van der Waals surface area contributed by atoms with Crippen molar-refractivity contribution in [2.24, 2.45) is 0 Å². The second-order valence-corrected chi connectivity index (χ2v) is 3.85. The summed E-state index contributed by atoms with van der Waals surface area (Å²) in [5.74, 6) is 1.76. The van der Waals surface area contributed by atoms with Gasteiger partial charge in [0.1, 0.15) is 17.6 Å². The summed E-state index contributed by atoms with van der Waals surface area (Å²) >= 11 is 0. The van der Waals surface area contributed by atoms with E-state index in [1.165, 1.54) is 0 Å². The van der Waals surface area contributed by atoms with Gasteiger partial charge in [0, 0.05) is 6.20 Å². The molecular weight excluding hydrogens is 202 g/mol. The molecule has 4 nitrogen and oxygen atoms in total. The van der Waals surface area contributed by atoms with Crippen LogP contribution in [0.15, 0.2) is 24.1 Å². The zero-order valence-electron chi connectivity index (χ0n) is 9.73. The van der Waals surface area contributed by atoms with Crippen molar-refractivity contribution in [1.82, 2.24) is 15.3 Å². The van der Waals surface area contributed by atoms with Crippen LogP contribution in [-0.2, 0) is 4.74 Å². The summed E-state index contributed by atoms with van der Waals surface area (Å²) < 4.78 is 5.66. The van der Waals surface area contributed by atoms with Crippen molar-refractivity contribution < 1.29 is 4.74 Å². The molecular formula is C12H17N3O. The van der Waals surface area contributed by atoms with Crippen molar-refractivity contribution >= 4 is 0 Å². The van der Waals surface area contributed by atoms with Crippen LogP contribution in [0.3, 0.4) is 0 Å². The maximum Gasteiger partial charge on any atom is 0.125 e. The summed E-state index contributed by atoms with van der Waals surface area (Å²) in [5.41, 5.74) is 0.961. The van der Waals surface area contributed by atoms with Gasteiger partial charge in [-0.1, -0.05) is 0 Å². The van der Waals surface area contributed by atoms with Gasteiger partial charge in [-0.25, -0.2) is 9.97 Å². The highest BCUT2D eigenvalue weighted by molar-refractivity contribution is 5.18. The average Bonchev–Trinajstić information content (AvgIpc) is 2.31. The topological polar surface area (TPSA) is 47.0 Å². The Balaban J connectivity index is 2.25. The van der Waals surface area contributed by atoms with Crippen molar-refractivity contribution in [2.45, 2.75) is 25.8 Å². The lowest BCUT2D eigenvalue weighted by Gasteiger charge is -2.23. The van der Waals surface area contributed by atoms with E-state index in [9.17, 15) is 0 Å². The molecule has 0 bridgehead atoms. The molecule has 1 aromatic rings. The summed E-state index contributed by atoms with van der Waals surface area (Å²) in [5, 5.41) is 3.23. The highest BCUT2D eigenvalue weighted by Crippen LogP contribution is 2.24. The fourth-order valence-corrected chi connectivity index (χ4v) is 1.85. The normalized spacial score (nSPS) is 17.5. The fraction of sp³-hybridized carbons (Fsp3) is 0.500. The second-order valence-electron chi connectivity index (χ2n) is 3.85. The van der Waals surface area contributed by atoms with Crippen molar-refractivity contribution in [1.29, 1.82) is 0 Å². The molecule has 0 aromatic carbocycles. The van der Waals surface area contributed by atoms with E-state index >= 15 is 0 Å². The third-order valence-corrected chi connectivity index (χ3v) is 2.63. The zero-order valence-corrected chi connectivity index (χ0v) is 9.73. The van der Waals surface area contributed by atoms with Crippen LogP contribution < -0.4 is 5.32 Å². The summed E-state index contributed by atoms with van der Waals surface area (Å²) in [4.78, 5) is 8.53. The molecule has 0 spiro atoms. The van der Waals surface area contributed by atoms with E-state index in [0.29, 0.717) is 0 Å². The molecule has 16 heavy (non-hydrogen) atoms. The number of hydrogen-bond acceptors (Lipinski definition) is 4. The molecule has 0 amide bonds.